The quantitative estimate of drug-likeness (QED) is 0.840. The Kier molecular flexibility index (Phi) is 4.20. The fraction of sp³-hybridized carbons (Fsp3) is 0.385. The van der Waals surface area contributed by atoms with Crippen molar-refractivity contribution >= 4 is 17.4 Å². The SMILES string of the molecule is CC(C)Cc1nc(Cl)cc(NCc2ccco2)n1. The van der Waals surface area contributed by atoms with Crippen molar-refractivity contribution in [2.75, 3.05) is 5.32 Å². The molecule has 2 aromatic heterocycles. The van der Waals surface area contributed by atoms with Gasteiger partial charge in [0.15, 0.2) is 0 Å². The lowest BCUT2D eigenvalue weighted by atomic mass is 10.1. The summed E-state index contributed by atoms with van der Waals surface area (Å²) < 4.78 is 5.24. The zero-order valence-corrected chi connectivity index (χ0v) is 11.2. The van der Waals surface area contributed by atoms with Gasteiger partial charge in [0.1, 0.15) is 22.6 Å². The van der Waals surface area contributed by atoms with Crippen LogP contribution < -0.4 is 5.32 Å². The predicted octanol–water partition coefficient (Wildman–Crippen LogP) is 3.53. The van der Waals surface area contributed by atoms with Crippen molar-refractivity contribution in [3.8, 4) is 0 Å². The molecule has 0 aliphatic rings. The molecule has 96 valence electrons. The fourth-order valence-electron chi connectivity index (χ4n) is 1.60. The zero-order valence-electron chi connectivity index (χ0n) is 10.5. The first kappa shape index (κ1) is 12.9. The Bertz CT molecular complexity index is 497. The number of hydrogen-bond acceptors (Lipinski definition) is 4. The van der Waals surface area contributed by atoms with E-state index in [9.17, 15) is 0 Å². The standard InChI is InChI=1S/C13H16ClN3O/c1-9(2)6-13-16-11(14)7-12(17-13)15-8-10-4-3-5-18-10/h3-5,7,9H,6,8H2,1-2H3,(H,15,16,17). The molecular weight excluding hydrogens is 250 g/mol. The molecule has 0 fully saturated rings. The minimum absolute atomic E-state index is 0.461. The molecule has 0 radical (unpaired) electrons. The van der Waals surface area contributed by atoms with Crippen molar-refractivity contribution in [1.82, 2.24) is 9.97 Å². The third-order valence-electron chi connectivity index (χ3n) is 2.36. The van der Waals surface area contributed by atoms with Crippen LogP contribution in [-0.4, -0.2) is 9.97 Å². The predicted molar refractivity (Wildman–Crippen MR) is 71.6 cm³/mol. The number of aromatic nitrogens is 2. The van der Waals surface area contributed by atoms with Crippen LogP contribution in [0.4, 0.5) is 5.82 Å². The summed E-state index contributed by atoms with van der Waals surface area (Å²) in [5.74, 6) is 2.85. The molecule has 0 saturated heterocycles. The second-order valence-corrected chi connectivity index (χ2v) is 4.91. The average Bonchev–Trinajstić information content (AvgIpc) is 2.77. The highest BCUT2D eigenvalue weighted by molar-refractivity contribution is 6.29. The Morgan fingerprint density at radius 2 is 2.22 bits per heavy atom. The number of furan rings is 1. The first-order valence-corrected chi connectivity index (χ1v) is 6.31. The minimum atomic E-state index is 0.461. The maximum absolute atomic E-state index is 5.98. The molecule has 2 rings (SSSR count). The lowest BCUT2D eigenvalue weighted by Crippen LogP contribution is -2.06. The van der Waals surface area contributed by atoms with Gasteiger partial charge in [0, 0.05) is 12.5 Å². The number of hydrogen-bond donors (Lipinski definition) is 1. The normalized spacial score (nSPS) is 10.9. The van der Waals surface area contributed by atoms with Crippen molar-refractivity contribution < 1.29 is 4.42 Å². The van der Waals surface area contributed by atoms with E-state index in [0.29, 0.717) is 17.6 Å². The van der Waals surface area contributed by atoms with Crippen LogP contribution in [0.1, 0.15) is 25.4 Å². The molecule has 0 aliphatic heterocycles. The van der Waals surface area contributed by atoms with Gasteiger partial charge < -0.3 is 9.73 Å². The first-order chi connectivity index (χ1) is 8.63. The van der Waals surface area contributed by atoms with E-state index in [0.717, 1.165) is 23.8 Å². The van der Waals surface area contributed by atoms with Crippen LogP contribution >= 0.6 is 11.6 Å². The van der Waals surface area contributed by atoms with Crippen molar-refractivity contribution in [3.05, 3.63) is 41.2 Å². The van der Waals surface area contributed by atoms with Gasteiger partial charge in [-0.25, -0.2) is 9.97 Å². The van der Waals surface area contributed by atoms with Gasteiger partial charge in [-0.1, -0.05) is 25.4 Å². The van der Waals surface area contributed by atoms with E-state index < -0.39 is 0 Å². The van der Waals surface area contributed by atoms with Crippen LogP contribution in [0.15, 0.2) is 28.9 Å². The van der Waals surface area contributed by atoms with Gasteiger partial charge in [0.25, 0.3) is 0 Å². The largest absolute Gasteiger partial charge is 0.467 e. The lowest BCUT2D eigenvalue weighted by molar-refractivity contribution is 0.517. The molecule has 2 aromatic rings. The van der Waals surface area contributed by atoms with Crippen LogP contribution in [0.25, 0.3) is 0 Å². The number of nitrogens with zero attached hydrogens (tertiary/aromatic N) is 2. The summed E-state index contributed by atoms with van der Waals surface area (Å²) in [6, 6.07) is 5.48. The molecule has 0 atom stereocenters. The number of anilines is 1. The topological polar surface area (TPSA) is 51.0 Å². The van der Waals surface area contributed by atoms with Crippen LogP contribution in [-0.2, 0) is 13.0 Å². The molecule has 18 heavy (non-hydrogen) atoms. The van der Waals surface area contributed by atoms with Gasteiger partial charge in [0.2, 0.25) is 0 Å². The highest BCUT2D eigenvalue weighted by Gasteiger charge is 2.06. The van der Waals surface area contributed by atoms with Crippen molar-refractivity contribution in [1.29, 1.82) is 0 Å². The fourth-order valence-corrected chi connectivity index (χ4v) is 1.80. The first-order valence-electron chi connectivity index (χ1n) is 5.93. The second-order valence-electron chi connectivity index (χ2n) is 4.52. The van der Waals surface area contributed by atoms with E-state index in [1.165, 1.54) is 0 Å². The molecule has 0 saturated carbocycles. The Labute approximate surface area is 111 Å². The van der Waals surface area contributed by atoms with Crippen LogP contribution in [0.5, 0.6) is 0 Å². The Morgan fingerprint density at radius 1 is 1.39 bits per heavy atom. The van der Waals surface area contributed by atoms with Gasteiger partial charge in [-0.2, -0.15) is 0 Å². The zero-order chi connectivity index (χ0) is 13.0. The highest BCUT2D eigenvalue weighted by Crippen LogP contribution is 2.15. The third kappa shape index (κ3) is 3.74. The van der Waals surface area contributed by atoms with E-state index in [-0.39, 0.29) is 0 Å². The molecule has 2 heterocycles. The Balaban J connectivity index is 2.05. The lowest BCUT2D eigenvalue weighted by Gasteiger charge is -2.08. The summed E-state index contributed by atoms with van der Waals surface area (Å²) in [5.41, 5.74) is 0. The molecule has 0 aromatic carbocycles. The maximum Gasteiger partial charge on any atom is 0.134 e. The van der Waals surface area contributed by atoms with Crippen molar-refractivity contribution in [2.45, 2.75) is 26.8 Å². The molecule has 0 bridgehead atoms. The van der Waals surface area contributed by atoms with E-state index in [1.807, 2.05) is 12.1 Å². The van der Waals surface area contributed by atoms with Gasteiger partial charge in [-0.05, 0) is 18.1 Å². The summed E-state index contributed by atoms with van der Waals surface area (Å²) >= 11 is 5.98. The van der Waals surface area contributed by atoms with Gasteiger partial charge in [0.05, 0.1) is 12.8 Å². The molecule has 4 nitrogen and oxygen atoms in total. The summed E-state index contributed by atoms with van der Waals surface area (Å²) in [4.78, 5) is 8.63. The highest BCUT2D eigenvalue weighted by atomic mass is 35.5. The summed E-state index contributed by atoms with van der Waals surface area (Å²) in [7, 11) is 0. The molecule has 0 spiro atoms. The Hall–Kier alpha value is -1.55. The summed E-state index contributed by atoms with van der Waals surface area (Å²) in [6.07, 6.45) is 2.46. The summed E-state index contributed by atoms with van der Waals surface area (Å²) in [6.45, 7) is 4.84. The van der Waals surface area contributed by atoms with E-state index >= 15 is 0 Å². The van der Waals surface area contributed by atoms with Crippen molar-refractivity contribution in [3.63, 3.8) is 0 Å². The van der Waals surface area contributed by atoms with Gasteiger partial charge >= 0.3 is 0 Å². The third-order valence-corrected chi connectivity index (χ3v) is 2.55. The van der Waals surface area contributed by atoms with Crippen LogP contribution in [0, 0.1) is 5.92 Å². The van der Waals surface area contributed by atoms with E-state index in [1.54, 1.807) is 12.3 Å². The maximum atomic E-state index is 5.98. The van der Waals surface area contributed by atoms with Crippen molar-refractivity contribution in [2.24, 2.45) is 5.92 Å². The second kappa shape index (κ2) is 5.87. The monoisotopic (exact) mass is 265 g/mol. The smallest absolute Gasteiger partial charge is 0.134 e. The average molecular weight is 266 g/mol. The molecular formula is C13H16ClN3O. The van der Waals surface area contributed by atoms with E-state index in [4.69, 9.17) is 16.0 Å². The molecule has 0 amide bonds. The van der Waals surface area contributed by atoms with Gasteiger partial charge in [-0.15, -0.1) is 0 Å². The van der Waals surface area contributed by atoms with Crippen LogP contribution in [0.2, 0.25) is 5.15 Å². The molecule has 5 heteroatoms. The summed E-state index contributed by atoms with van der Waals surface area (Å²) in [5, 5.41) is 3.63. The Morgan fingerprint density at radius 3 is 2.89 bits per heavy atom. The van der Waals surface area contributed by atoms with Crippen LogP contribution in [0.3, 0.4) is 0 Å². The number of halogens is 1. The minimum Gasteiger partial charge on any atom is -0.467 e. The van der Waals surface area contributed by atoms with E-state index in [2.05, 4.69) is 29.1 Å². The molecule has 0 aliphatic carbocycles. The van der Waals surface area contributed by atoms with Gasteiger partial charge in [-0.3, -0.25) is 0 Å². The molecule has 1 N–H and O–H groups in total. The molecule has 0 unspecified atom stereocenters. The number of nitrogens with one attached hydrogen (secondary N) is 1. The number of rotatable bonds is 5.